The quantitative estimate of drug-likeness (QED) is 0.641. The molecular weight excluding hydrogens is 364 g/mol. The van der Waals surface area contributed by atoms with E-state index in [0.29, 0.717) is 0 Å². The first kappa shape index (κ1) is 12.8. The second kappa shape index (κ2) is 4.34. The molecule has 0 amide bonds. The fourth-order valence-electron chi connectivity index (χ4n) is 0.882. The van der Waals surface area contributed by atoms with Gasteiger partial charge in [0.15, 0.2) is 0 Å². The zero-order valence-corrected chi connectivity index (χ0v) is 10.6. The van der Waals surface area contributed by atoms with Crippen LogP contribution in [-0.2, 0) is 9.05 Å². The lowest BCUT2D eigenvalue weighted by atomic mass is 10.3. The summed E-state index contributed by atoms with van der Waals surface area (Å²) in [5.41, 5.74) is 4.74. The lowest BCUT2D eigenvalue weighted by Crippen LogP contribution is -2.06. The first-order valence-corrected chi connectivity index (χ1v) is 6.80. The molecular formula is C6H4ClF2IN2O2S. The molecule has 4 nitrogen and oxygen atoms in total. The topological polar surface area (TPSA) is 73.0 Å². The van der Waals surface area contributed by atoms with E-state index >= 15 is 0 Å². The van der Waals surface area contributed by atoms with Crippen molar-refractivity contribution in [1.29, 1.82) is 0 Å². The van der Waals surface area contributed by atoms with E-state index in [-0.39, 0.29) is 9.39 Å². The maximum Gasteiger partial charge on any atom is 0.266 e. The smallest absolute Gasteiger partial charge is 0.266 e. The van der Waals surface area contributed by atoms with Gasteiger partial charge in [-0.1, -0.05) is 0 Å². The van der Waals surface area contributed by atoms with E-state index in [1.54, 1.807) is 0 Å². The molecule has 0 radical (unpaired) electrons. The Labute approximate surface area is 102 Å². The van der Waals surface area contributed by atoms with E-state index in [0.717, 1.165) is 6.20 Å². The minimum atomic E-state index is -4.18. The summed E-state index contributed by atoms with van der Waals surface area (Å²) in [6.45, 7) is 0. The molecule has 84 valence electrons. The van der Waals surface area contributed by atoms with Crippen molar-refractivity contribution in [1.82, 2.24) is 4.98 Å². The number of alkyl halides is 2. The van der Waals surface area contributed by atoms with Gasteiger partial charge in [-0.05, 0) is 22.6 Å². The van der Waals surface area contributed by atoms with Gasteiger partial charge in [-0.15, -0.1) is 0 Å². The Balaban J connectivity index is 3.59. The molecule has 0 saturated heterocycles. The molecule has 0 atom stereocenters. The molecule has 15 heavy (non-hydrogen) atoms. The van der Waals surface area contributed by atoms with Gasteiger partial charge >= 0.3 is 0 Å². The Bertz CT molecular complexity index is 494. The molecule has 1 aromatic rings. The zero-order chi connectivity index (χ0) is 11.8. The van der Waals surface area contributed by atoms with Crippen LogP contribution in [0.4, 0.5) is 14.6 Å². The number of halogens is 4. The number of anilines is 1. The molecule has 1 heterocycles. The fourth-order valence-corrected chi connectivity index (χ4v) is 3.90. The molecule has 2 N–H and O–H groups in total. The van der Waals surface area contributed by atoms with Gasteiger partial charge in [0.1, 0.15) is 10.7 Å². The molecule has 0 fully saturated rings. The van der Waals surface area contributed by atoms with Crippen LogP contribution in [0.25, 0.3) is 0 Å². The van der Waals surface area contributed by atoms with Gasteiger partial charge < -0.3 is 5.73 Å². The fraction of sp³-hybridized carbons (Fsp3) is 0.167. The lowest BCUT2D eigenvalue weighted by molar-refractivity contribution is 0.149. The normalized spacial score (nSPS) is 12.1. The van der Waals surface area contributed by atoms with Gasteiger partial charge in [-0.2, -0.15) is 0 Å². The second-order valence-corrected chi connectivity index (χ2v) is 6.06. The summed E-state index contributed by atoms with van der Waals surface area (Å²) >= 11 is 1.44. The average Bonchev–Trinajstić information content (AvgIpc) is 2.00. The third-order valence-corrected chi connectivity index (χ3v) is 4.40. The molecule has 0 spiro atoms. The predicted octanol–water partition coefficient (Wildman–Crippen LogP) is 2.13. The maximum atomic E-state index is 12.4. The molecule has 1 rings (SSSR count). The van der Waals surface area contributed by atoms with Gasteiger partial charge in [0.25, 0.3) is 15.5 Å². The van der Waals surface area contributed by atoms with Gasteiger partial charge in [-0.3, -0.25) is 0 Å². The van der Waals surface area contributed by atoms with E-state index in [2.05, 4.69) is 4.98 Å². The van der Waals surface area contributed by atoms with Crippen LogP contribution in [0.15, 0.2) is 11.1 Å². The highest BCUT2D eigenvalue weighted by Gasteiger charge is 2.25. The van der Waals surface area contributed by atoms with Crippen LogP contribution in [0, 0.1) is 3.57 Å². The number of nitrogens with two attached hydrogens (primary N) is 1. The molecule has 0 unspecified atom stereocenters. The van der Waals surface area contributed by atoms with E-state index in [1.807, 2.05) is 0 Å². The number of rotatable bonds is 2. The summed E-state index contributed by atoms with van der Waals surface area (Å²) in [7, 11) is 0.872. The molecule has 9 heteroatoms. The molecule has 0 aromatic carbocycles. The number of hydrogen-bond acceptors (Lipinski definition) is 4. The first-order valence-electron chi connectivity index (χ1n) is 3.42. The second-order valence-electron chi connectivity index (χ2n) is 2.48. The minimum Gasteiger partial charge on any atom is -0.383 e. The largest absolute Gasteiger partial charge is 0.383 e. The van der Waals surface area contributed by atoms with Crippen molar-refractivity contribution in [2.24, 2.45) is 0 Å². The van der Waals surface area contributed by atoms with Crippen LogP contribution < -0.4 is 5.73 Å². The van der Waals surface area contributed by atoms with Crippen LogP contribution >= 0.6 is 33.3 Å². The van der Waals surface area contributed by atoms with Crippen LogP contribution in [0.2, 0.25) is 0 Å². The van der Waals surface area contributed by atoms with Crippen molar-refractivity contribution in [2.75, 3.05) is 5.73 Å². The number of aromatic nitrogens is 1. The first-order chi connectivity index (χ1) is 6.75. The predicted molar refractivity (Wildman–Crippen MR) is 59.4 cm³/mol. The van der Waals surface area contributed by atoms with E-state index < -0.39 is 25.9 Å². The number of pyridine rings is 1. The van der Waals surface area contributed by atoms with Gasteiger partial charge in [0, 0.05) is 20.4 Å². The van der Waals surface area contributed by atoms with Crippen molar-refractivity contribution in [3.63, 3.8) is 0 Å². The molecule has 0 aliphatic carbocycles. The summed E-state index contributed by atoms with van der Waals surface area (Å²) in [6, 6.07) is 0. The summed E-state index contributed by atoms with van der Waals surface area (Å²) in [5.74, 6) is -0.390. The Kier molecular flexibility index (Phi) is 3.71. The Morgan fingerprint density at radius 3 is 2.47 bits per heavy atom. The van der Waals surface area contributed by atoms with Crippen LogP contribution in [0.5, 0.6) is 0 Å². The third kappa shape index (κ3) is 2.67. The molecule has 0 aliphatic heterocycles. The van der Waals surface area contributed by atoms with Gasteiger partial charge in [-0.25, -0.2) is 22.2 Å². The minimum absolute atomic E-state index is 0.204. The highest BCUT2D eigenvalue weighted by molar-refractivity contribution is 14.1. The van der Waals surface area contributed by atoms with E-state index in [1.165, 1.54) is 22.6 Å². The van der Waals surface area contributed by atoms with Crippen molar-refractivity contribution < 1.29 is 17.2 Å². The molecule has 0 bridgehead atoms. The van der Waals surface area contributed by atoms with Gasteiger partial charge in [0.05, 0.1) is 5.56 Å². The van der Waals surface area contributed by atoms with Crippen molar-refractivity contribution in [3.8, 4) is 0 Å². The highest BCUT2D eigenvalue weighted by Crippen LogP contribution is 2.33. The summed E-state index contributed by atoms with van der Waals surface area (Å²) in [4.78, 5) is 2.79. The number of nitrogens with zero attached hydrogens (tertiary/aromatic N) is 1. The third-order valence-electron chi connectivity index (χ3n) is 1.51. The van der Waals surface area contributed by atoms with E-state index in [4.69, 9.17) is 16.4 Å². The molecule has 0 saturated carbocycles. The summed E-state index contributed by atoms with van der Waals surface area (Å²) in [6.07, 6.45) is -2.00. The Morgan fingerprint density at radius 1 is 1.53 bits per heavy atom. The van der Waals surface area contributed by atoms with Crippen molar-refractivity contribution >= 4 is 48.1 Å². The summed E-state index contributed by atoms with van der Waals surface area (Å²) in [5, 5.41) is 0. The highest BCUT2D eigenvalue weighted by atomic mass is 127. The molecule has 1 aromatic heterocycles. The van der Waals surface area contributed by atoms with Crippen molar-refractivity contribution in [3.05, 3.63) is 15.3 Å². The standard InChI is InChI=1S/C6H4ClF2IN2O2S/c7-15(13,14)4-3(10)2(5(8)9)1-12-6(4)11/h1,5H,(H2,11,12). The molecule has 0 aliphatic rings. The Morgan fingerprint density at radius 2 is 2.07 bits per heavy atom. The SMILES string of the molecule is Nc1ncc(C(F)F)c(I)c1S(=O)(=O)Cl. The van der Waals surface area contributed by atoms with Crippen molar-refractivity contribution in [2.45, 2.75) is 11.3 Å². The van der Waals surface area contributed by atoms with Gasteiger partial charge in [0.2, 0.25) is 0 Å². The monoisotopic (exact) mass is 368 g/mol. The maximum absolute atomic E-state index is 12.4. The summed E-state index contributed by atoms with van der Waals surface area (Å²) < 4.78 is 46.7. The van der Waals surface area contributed by atoms with E-state index in [9.17, 15) is 17.2 Å². The zero-order valence-electron chi connectivity index (χ0n) is 6.92. The lowest BCUT2D eigenvalue weighted by Gasteiger charge is -2.08. The van der Waals surface area contributed by atoms with Crippen LogP contribution in [0.1, 0.15) is 12.0 Å². The Hall–Kier alpha value is -0.220. The number of hydrogen-bond donors (Lipinski definition) is 1. The van der Waals surface area contributed by atoms with Crippen LogP contribution in [-0.4, -0.2) is 13.4 Å². The number of nitrogen functional groups attached to an aromatic ring is 1. The van der Waals surface area contributed by atoms with Crippen LogP contribution in [0.3, 0.4) is 0 Å². The average molecular weight is 369 g/mol.